The zero-order chi connectivity index (χ0) is 10.2. The lowest BCUT2D eigenvalue weighted by Gasteiger charge is -2.12. The Hall–Kier alpha value is -1.04. The molecule has 0 aromatic carbocycles. The number of nitrogens with one attached hydrogen (secondary N) is 1. The summed E-state index contributed by atoms with van der Waals surface area (Å²) >= 11 is 0. The third-order valence-electron chi connectivity index (χ3n) is 2.49. The van der Waals surface area contributed by atoms with E-state index in [0.717, 1.165) is 5.95 Å². The van der Waals surface area contributed by atoms with E-state index in [9.17, 15) is 8.42 Å². The van der Waals surface area contributed by atoms with Crippen LogP contribution in [0.15, 0.2) is 12.4 Å². The second-order valence-electron chi connectivity index (χ2n) is 3.46. The molecule has 14 heavy (non-hydrogen) atoms. The third kappa shape index (κ3) is 1.61. The Kier molecular flexibility index (Phi) is 2.22. The Morgan fingerprint density at radius 3 is 3.00 bits per heavy atom. The molecule has 0 saturated carbocycles. The fourth-order valence-corrected chi connectivity index (χ4v) is 3.51. The minimum Gasteiger partial charge on any atom is -0.359 e. The van der Waals surface area contributed by atoms with Crippen molar-refractivity contribution in [2.75, 3.05) is 23.9 Å². The van der Waals surface area contributed by atoms with Crippen molar-refractivity contribution in [2.24, 2.45) is 0 Å². The van der Waals surface area contributed by atoms with Crippen molar-refractivity contribution < 1.29 is 8.42 Å². The highest BCUT2D eigenvalue weighted by Crippen LogP contribution is 2.25. The Labute approximate surface area is 83.1 Å². The fourth-order valence-electron chi connectivity index (χ4n) is 1.80. The van der Waals surface area contributed by atoms with Crippen LogP contribution in [0.1, 0.15) is 12.5 Å². The number of anilines is 1. The van der Waals surface area contributed by atoms with E-state index >= 15 is 0 Å². The van der Waals surface area contributed by atoms with Gasteiger partial charge in [0.25, 0.3) is 0 Å². The van der Waals surface area contributed by atoms with Gasteiger partial charge in [-0.3, -0.25) is 0 Å². The molecule has 1 fully saturated rings. The minimum absolute atomic E-state index is 0.0462. The van der Waals surface area contributed by atoms with Gasteiger partial charge in [0.15, 0.2) is 9.84 Å². The van der Waals surface area contributed by atoms with Crippen molar-refractivity contribution in [1.29, 1.82) is 0 Å². The van der Waals surface area contributed by atoms with Crippen LogP contribution in [0.4, 0.5) is 5.95 Å². The van der Waals surface area contributed by atoms with Crippen LogP contribution in [0.5, 0.6) is 0 Å². The lowest BCUT2D eigenvalue weighted by Crippen LogP contribution is -2.12. The lowest BCUT2D eigenvalue weighted by atomic mass is 10.2. The van der Waals surface area contributed by atoms with Gasteiger partial charge in [0, 0.05) is 19.4 Å². The maximum Gasteiger partial charge on any atom is 0.202 e. The van der Waals surface area contributed by atoms with Crippen LogP contribution in [0.3, 0.4) is 0 Å². The van der Waals surface area contributed by atoms with Crippen LogP contribution in [-0.4, -0.2) is 36.5 Å². The van der Waals surface area contributed by atoms with Gasteiger partial charge in [-0.15, -0.1) is 0 Å². The van der Waals surface area contributed by atoms with Gasteiger partial charge < -0.3 is 9.88 Å². The molecule has 0 radical (unpaired) electrons. The van der Waals surface area contributed by atoms with Crippen LogP contribution in [0.25, 0.3) is 0 Å². The predicted molar refractivity (Wildman–Crippen MR) is 54.1 cm³/mol. The molecule has 1 aromatic rings. The Morgan fingerprint density at radius 2 is 2.43 bits per heavy atom. The second kappa shape index (κ2) is 3.27. The Morgan fingerprint density at radius 1 is 1.64 bits per heavy atom. The van der Waals surface area contributed by atoms with Crippen molar-refractivity contribution in [1.82, 2.24) is 9.55 Å². The largest absolute Gasteiger partial charge is 0.359 e. The number of hydrogen-bond acceptors (Lipinski definition) is 4. The van der Waals surface area contributed by atoms with E-state index in [1.54, 1.807) is 13.2 Å². The van der Waals surface area contributed by atoms with Crippen molar-refractivity contribution in [3.8, 4) is 0 Å². The van der Waals surface area contributed by atoms with Crippen LogP contribution >= 0.6 is 0 Å². The van der Waals surface area contributed by atoms with Gasteiger partial charge in [-0.25, -0.2) is 13.4 Å². The van der Waals surface area contributed by atoms with E-state index in [1.165, 1.54) is 0 Å². The van der Waals surface area contributed by atoms with E-state index in [0.29, 0.717) is 12.2 Å². The van der Waals surface area contributed by atoms with Crippen molar-refractivity contribution in [3.63, 3.8) is 0 Å². The highest BCUT2D eigenvalue weighted by molar-refractivity contribution is 7.91. The van der Waals surface area contributed by atoms with Crippen LogP contribution < -0.4 is 5.32 Å². The number of imidazole rings is 1. The molecule has 1 aliphatic rings. The summed E-state index contributed by atoms with van der Waals surface area (Å²) in [6.07, 6.45) is 4.18. The quantitative estimate of drug-likeness (QED) is 0.770. The molecule has 0 aliphatic carbocycles. The summed E-state index contributed by atoms with van der Waals surface area (Å²) in [4.78, 5) is 4.08. The normalized spacial score (nSPS) is 25.1. The fraction of sp³-hybridized carbons (Fsp3) is 0.625. The van der Waals surface area contributed by atoms with E-state index in [-0.39, 0.29) is 11.8 Å². The molecule has 1 N–H and O–H groups in total. The molecule has 1 saturated heterocycles. The van der Waals surface area contributed by atoms with Crippen molar-refractivity contribution in [3.05, 3.63) is 12.4 Å². The smallest absolute Gasteiger partial charge is 0.202 e. The van der Waals surface area contributed by atoms with E-state index in [1.807, 2.05) is 10.8 Å². The van der Waals surface area contributed by atoms with Gasteiger partial charge >= 0.3 is 0 Å². The minimum atomic E-state index is -2.82. The summed E-state index contributed by atoms with van der Waals surface area (Å²) in [5.41, 5.74) is 0. The van der Waals surface area contributed by atoms with Crippen LogP contribution in [-0.2, 0) is 9.84 Å². The molecule has 1 atom stereocenters. The maximum absolute atomic E-state index is 11.3. The zero-order valence-corrected chi connectivity index (χ0v) is 8.79. The lowest BCUT2D eigenvalue weighted by molar-refractivity contribution is 0.560. The Bertz CT molecular complexity index is 424. The van der Waals surface area contributed by atoms with Gasteiger partial charge in [-0.1, -0.05) is 0 Å². The summed E-state index contributed by atoms with van der Waals surface area (Å²) in [5, 5.41) is 2.94. The number of sulfone groups is 1. The van der Waals surface area contributed by atoms with Gasteiger partial charge in [0.05, 0.1) is 17.5 Å². The summed E-state index contributed by atoms with van der Waals surface area (Å²) in [6, 6.07) is 0.0462. The average Bonchev–Trinajstić information content (AvgIpc) is 2.70. The first kappa shape index (κ1) is 9.51. The summed E-state index contributed by atoms with van der Waals surface area (Å²) in [7, 11) is -1.04. The van der Waals surface area contributed by atoms with Gasteiger partial charge in [0.2, 0.25) is 5.95 Å². The van der Waals surface area contributed by atoms with Gasteiger partial charge in [0.1, 0.15) is 0 Å². The summed E-state index contributed by atoms with van der Waals surface area (Å²) < 4.78 is 24.5. The number of aromatic nitrogens is 2. The second-order valence-corrected chi connectivity index (χ2v) is 5.69. The monoisotopic (exact) mass is 215 g/mol. The zero-order valence-electron chi connectivity index (χ0n) is 7.97. The molecule has 2 rings (SSSR count). The average molecular weight is 215 g/mol. The van der Waals surface area contributed by atoms with Gasteiger partial charge in [-0.05, 0) is 6.42 Å². The molecule has 6 heteroatoms. The van der Waals surface area contributed by atoms with Crippen molar-refractivity contribution >= 4 is 15.8 Å². The number of nitrogens with zero attached hydrogens (tertiary/aromatic N) is 2. The summed E-state index contributed by atoms with van der Waals surface area (Å²) in [6.45, 7) is 0. The first-order valence-electron chi connectivity index (χ1n) is 4.53. The molecule has 78 valence electrons. The standard InChI is InChI=1S/C8H13N3O2S/c1-9-8-10-3-4-11(8)7-2-5-14(12,13)6-7/h3-4,7H,2,5-6H2,1H3,(H,9,10). The first-order chi connectivity index (χ1) is 6.62. The molecule has 1 aliphatic heterocycles. The van der Waals surface area contributed by atoms with Crippen molar-refractivity contribution in [2.45, 2.75) is 12.5 Å². The summed E-state index contributed by atoms with van der Waals surface area (Å²) in [5.74, 6) is 1.25. The molecule has 1 unspecified atom stereocenters. The number of rotatable bonds is 2. The van der Waals surface area contributed by atoms with Crippen LogP contribution in [0, 0.1) is 0 Å². The van der Waals surface area contributed by atoms with Gasteiger partial charge in [-0.2, -0.15) is 0 Å². The highest BCUT2D eigenvalue weighted by Gasteiger charge is 2.29. The van der Waals surface area contributed by atoms with E-state index in [2.05, 4.69) is 10.3 Å². The molecule has 1 aromatic heterocycles. The predicted octanol–water partition coefficient (Wildman–Crippen LogP) is 0.284. The molecular formula is C8H13N3O2S. The molecular weight excluding hydrogens is 202 g/mol. The molecule has 5 nitrogen and oxygen atoms in total. The maximum atomic E-state index is 11.3. The SMILES string of the molecule is CNc1nccn1C1CCS(=O)(=O)C1. The molecule has 2 heterocycles. The first-order valence-corrected chi connectivity index (χ1v) is 6.35. The topological polar surface area (TPSA) is 64.0 Å². The van der Waals surface area contributed by atoms with E-state index in [4.69, 9.17) is 0 Å². The molecule has 0 spiro atoms. The molecule has 0 bridgehead atoms. The number of hydrogen-bond donors (Lipinski definition) is 1. The van der Waals surface area contributed by atoms with E-state index < -0.39 is 9.84 Å². The van der Waals surface area contributed by atoms with Crippen LogP contribution in [0.2, 0.25) is 0 Å². The third-order valence-corrected chi connectivity index (χ3v) is 4.24. The molecule has 0 amide bonds. The highest BCUT2D eigenvalue weighted by atomic mass is 32.2. The Balaban J connectivity index is 2.25.